The van der Waals surface area contributed by atoms with Crippen molar-refractivity contribution < 1.29 is 9.53 Å². The fourth-order valence-electron chi connectivity index (χ4n) is 3.58. The Balaban J connectivity index is 1.55. The van der Waals surface area contributed by atoms with Crippen LogP contribution in [0.4, 0.5) is 0 Å². The summed E-state index contributed by atoms with van der Waals surface area (Å²) in [4.78, 5) is 14.4. The van der Waals surface area contributed by atoms with Gasteiger partial charge in [0.1, 0.15) is 5.75 Å². The molecular weight excluding hydrogens is 400 g/mol. The van der Waals surface area contributed by atoms with Gasteiger partial charge in [0, 0.05) is 15.8 Å². The van der Waals surface area contributed by atoms with E-state index in [1.807, 2.05) is 35.6 Å². The lowest BCUT2D eigenvalue weighted by Gasteiger charge is -2.06. The highest BCUT2D eigenvalue weighted by Crippen LogP contribution is 2.31. The maximum absolute atomic E-state index is 11.5. The molecule has 3 heteroatoms. The van der Waals surface area contributed by atoms with E-state index in [9.17, 15) is 4.79 Å². The molecule has 0 bridgehead atoms. The van der Waals surface area contributed by atoms with Crippen LogP contribution in [0.3, 0.4) is 0 Å². The molecule has 2 aromatic carbocycles. The number of aryl methyl sites for hydroxylation is 1. The molecule has 0 atom stereocenters. The monoisotopic (exact) mass is 432 g/mol. The van der Waals surface area contributed by atoms with E-state index in [0.29, 0.717) is 5.75 Å². The van der Waals surface area contributed by atoms with Gasteiger partial charge in [-0.1, -0.05) is 81.5 Å². The average Bonchev–Trinajstić information content (AvgIpc) is 3.26. The summed E-state index contributed by atoms with van der Waals surface area (Å²) in [5.74, 6) is 0.200. The topological polar surface area (TPSA) is 26.3 Å². The first-order chi connectivity index (χ1) is 15.2. The molecule has 0 N–H and O–H groups in total. The zero-order valence-corrected chi connectivity index (χ0v) is 19.4. The van der Waals surface area contributed by atoms with E-state index >= 15 is 0 Å². The van der Waals surface area contributed by atoms with Crippen LogP contribution in [0.25, 0.3) is 21.6 Å². The highest BCUT2D eigenvalue weighted by atomic mass is 32.1. The zero-order chi connectivity index (χ0) is 21.9. The van der Waals surface area contributed by atoms with Crippen LogP contribution in [0.2, 0.25) is 0 Å². The van der Waals surface area contributed by atoms with Crippen molar-refractivity contribution in [3.05, 3.63) is 77.7 Å². The predicted molar refractivity (Wildman–Crippen MR) is 133 cm³/mol. The molecule has 0 spiro atoms. The number of hydrogen-bond acceptors (Lipinski definition) is 3. The molecule has 162 valence electrons. The van der Waals surface area contributed by atoms with Crippen molar-refractivity contribution in [2.24, 2.45) is 0 Å². The normalized spacial score (nSPS) is 11.2. The second kappa shape index (κ2) is 12.3. The van der Waals surface area contributed by atoms with Gasteiger partial charge in [-0.15, -0.1) is 11.3 Å². The third-order valence-electron chi connectivity index (χ3n) is 5.32. The summed E-state index contributed by atoms with van der Waals surface area (Å²) < 4.78 is 5.25. The molecule has 2 nitrogen and oxygen atoms in total. The first-order valence-electron chi connectivity index (χ1n) is 11.3. The quantitative estimate of drug-likeness (QED) is 0.131. The van der Waals surface area contributed by atoms with Gasteiger partial charge in [0.25, 0.3) is 0 Å². The molecule has 0 saturated carbocycles. The summed E-state index contributed by atoms with van der Waals surface area (Å²) in [5, 5.41) is 0. The average molecular weight is 433 g/mol. The van der Waals surface area contributed by atoms with Crippen LogP contribution in [0.15, 0.2) is 72.8 Å². The number of ether oxygens (including phenoxy) is 1. The van der Waals surface area contributed by atoms with Gasteiger partial charge in [0.15, 0.2) is 0 Å². The molecule has 3 aromatic rings. The van der Waals surface area contributed by atoms with E-state index in [1.165, 1.54) is 66.3 Å². The summed E-state index contributed by atoms with van der Waals surface area (Å²) in [6, 6.07) is 20.9. The largest absolute Gasteiger partial charge is 0.423 e. The smallest absolute Gasteiger partial charge is 0.335 e. The Hall–Kier alpha value is -2.65. The third-order valence-corrected chi connectivity index (χ3v) is 6.51. The lowest BCUT2D eigenvalue weighted by molar-refractivity contribution is -0.129. The number of hydrogen-bond donors (Lipinski definition) is 0. The molecule has 3 rings (SSSR count). The molecule has 1 heterocycles. The van der Waals surface area contributed by atoms with Crippen LogP contribution in [-0.4, -0.2) is 5.97 Å². The Morgan fingerprint density at radius 1 is 0.806 bits per heavy atom. The summed E-state index contributed by atoms with van der Waals surface area (Å²) in [6.07, 6.45) is 12.3. The van der Waals surface area contributed by atoms with Gasteiger partial charge in [-0.3, -0.25) is 0 Å². The van der Waals surface area contributed by atoms with Gasteiger partial charge in [-0.05, 0) is 60.7 Å². The highest BCUT2D eigenvalue weighted by molar-refractivity contribution is 7.15. The highest BCUT2D eigenvalue weighted by Gasteiger charge is 2.06. The van der Waals surface area contributed by atoms with Crippen LogP contribution < -0.4 is 4.74 Å². The van der Waals surface area contributed by atoms with Crippen molar-refractivity contribution >= 4 is 17.3 Å². The minimum absolute atomic E-state index is 0.355. The number of unbranched alkanes of at least 4 members (excludes halogenated alkanes) is 5. The Bertz CT molecular complexity index is 965. The van der Waals surface area contributed by atoms with Gasteiger partial charge in [-0.2, -0.15) is 0 Å². The molecule has 1 aromatic heterocycles. The Morgan fingerprint density at radius 2 is 1.42 bits per heavy atom. The third kappa shape index (κ3) is 7.22. The number of rotatable bonds is 11. The summed E-state index contributed by atoms with van der Waals surface area (Å²) in [5.41, 5.74) is 3.52. The second-order valence-electron chi connectivity index (χ2n) is 7.81. The Kier molecular flexibility index (Phi) is 9.11. The van der Waals surface area contributed by atoms with E-state index in [4.69, 9.17) is 4.74 Å². The molecule has 0 fully saturated rings. The maximum Gasteiger partial charge on any atom is 0.335 e. The van der Waals surface area contributed by atoms with Gasteiger partial charge in [0.05, 0.1) is 0 Å². The van der Waals surface area contributed by atoms with Crippen molar-refractivity contribution in [2.75, 3.05) is 0 Å². The molecule has 0 aliphatic rings. The van der Waals surface area contributed by atoms with E-state index in [0.717, 1.165) is 11.1 Å². The van der Waals surface area contributed by atoms with E-state index in [1.54, 1.807) is 13.0 Å². The number of allylic oxidation sites excluding steroid dienone is 1. The van der Waals surface area contributed by atoms with Gasteiger partial charge >= 0.3 is 5.97 Å². The first kappa shape index (κ1) is 23.0. The molecular formula is C28H32O2S. The molecule has 0 radical (unpaired) electrons. The Labute approximate surface area is 190 Å². The van der Waals surface area contributed by atoms with Crippen LogP contribution in [0.1, 0.15) is 57.2 Å². The predicted octanol–water partition coefficient (Wildman–Crippen LogP) is 8.47. The van der Waals surface area contributed by atoms with Crippen LogP contribution in [-0.2, 0) is 11.2 Å². The summed E-state index contributed by atoms with van der Waals surface area (Å²) >= 11 is 1.91. The standard InChI is InChI=1S/C28H32O2S/c1-3-5-6-7-8-9-11-26-20-21-27(31-26)24-14-12-22(13-15-24)23-16-18-25(19-17-23)30-28(29)10-4-2/h4,10,12-21H,3,5-9,11H2,1-2H3/b10-4+. The summed E-state index contributed by atoms with van der Waals surface area (Å²) in [7, 11) is 0. The number of thiophene rings is 1. The number of carbonyl (C=O) groups excluding carboxylic acids is 1. The summed E-state index contributed by atoms with van der Waals surface area (Å²) in [6.45, 7) is 4.06. The lowest BCUT2D eigenvalue weighted by Crippen LogP contribution is -2.03. The minimum atomic E-state index is -0.355. The van der Waals surface area contributed by atoms with Crippen molar-refractivity contribution in [1.29, 1.82) is 0 Å². The molecule has 0 unspecified atom stereocenters. The van der Waals surface area contributed by atoms with E-state index in [-0.39, 0.29) is 5.97 Å². The zero-order valence-electron chi connectivity index (χ0n) is 18.6. The molecule has 31 heavy (non-hydrogen) atoms. The fraction of sp³-hybridized carbons (Fsp3) is 0.321. The van der Waals surface area contributed by atoms with Crippen molar-refractivity contribution in [2.45, 2.75) is 58.8 Å². The van der Waals surface area contributed by atoms with Crippen LogP contribution >= 0.6 is 11.3 Å². The number of esters is 1. The Morgan fingerprint density at radius 3 is 2.10 bits per heavy atom. The van der Waals surface area contributed by atoms with Gasteiger partial charge in [-0.25, -0.2) is 4.79 Å². The first-order valence-corrected chi connectivity index (χ1v) is 12.2. The molecule has 0 aliphatic heterocycles. The lowest BCUT2D eigenvalue weighted by atomic mass is 10.0. The molecule has 0 saturated heterocycles. The fourth-order valence-corrected chi connectivity index (χ4v) is 4.63. The van der Waals surface area contributed by atoms with E-state index < -0.39 is 0 Å². The van der Waals surface area contributed by atoms with Crippen molar-refractivity contribution in [3.8, 4) is 27.3 Å². The number of carbonyl (C=O) groups is 1. The maximum atomic E-state index is 11.5. The van der Waals surface area contributed by atoms with Crippen molar-refractivity contribution in [1.82, 2.24) is 0 Å². The van der Waals surface area contributed by atoms with E-state index in [2.05, 4.69) is 43.3 Å². The number of benzene rings is 2. The van der Waals surface area contributed by atoms with Crippen molar-refractivity contribution in [3.63, 3.8) is 0 Å². The minimum Gasteiger partial charge on any atom is -0.423 e. The second-order valence-corrected chi connectivity index (χ2v) is 8.97. The van der Waals surface area contributed by atoms with Gasteiger partial charge < -0.3 is 4.74 Å². The van der Waals surface area contributed by atoms with Crippen LogP contribution in [0, 0.1) is 0 Å². The van der Waals surface area contributed by atoms with Crippen LogP contribution in [0.5, 0.6) is 5.75 Å². The molecule has 0 aliphatic carbocycles. The molecule has 0 amide bonds. The van der Waals surface area contributed by atoms with Gasteiger partial charge in [0.2, 0.25) is 0 Å². The SMILES string of the molecule is C/C=C/C(=O)Oc1ccc(-c2ccc(-c3ccc(CCCCCCCC)s3)cc2)cc1.